The zero-order chi connectivity index (χ0) is 2.00. The van der Waals surface area contributed by atoms with Crippen molar-refractivity contribution in [2.24, 2.45) is 0 Å². The van der Waals surface area contributed by atoms with Crippen LogP contribution < -0.4 is 22.6 Å². The van der Waals surface area contributed by atoms with Gasteiger partial charge in [-0.05, 0) is 0 Å². The molecule has 4 heavy (non-hydrogen) atoms. The smallest absolute Gasteiger partial charge is 0.248 e. The van der Waals surface area contributed by atoms with E-state index in [1.165, 1.54) is 0 Å². The van der Waals surface area contributed by atoms with E-state index in [4.69, 9.17) is 0 Å². The predicted octanol–water partition coefficient (Wildman–Crippen LogP) is -2.65. The Kier molecular flexibility index (Phi) is 89.7. The van der Waals surface area contributed by atoms with Gasteiger partial charge in [-0.1, -0.05) is 0 Å². The van der Waals surface area contributed by atoms with Gasteiger partial charge in [0.1, 0.15) is 4.93 Å². The summed E-state index contributed by atoms with van der Waals surface area (Å²) in [7, 11) is 0. The molecule has 0 amide bonds. The van der Waals surface area contributed by atoms with Crippen LogP contribution in [0.25, 0.3) is 0 Å². The van der Waals surface area contributed by atoms with Crippen molar-refractivity contribution in [1.82, 2.24) is 0 Å². The Bertz CT molecular complexity index is 6.00. The minimum Gasteiger partial charge on any atom is -0.358 e. The third kappa shape index (κ3) is 9.16. The minimum atomic E-state index is 0. The molecule has 0 aliphatic heterocycles. The molecule has 0 unspecified atom stereocenters. The van der Waals surface area contributed by atoms with Crippen LogP contribution in [0.15, 0.2) is 0 Å². The summed E-state index contributed by atoms with van der Waals surface area (Å²) >= 11 is 1.95. The maximum absolute atomic E-state index is 2.01. The Labute approximate surface area is 66.8 Å². The van der Waals surface area contributed by atoms with Gasteiger partial charge in [-0.15, -0.1) is 0 Å². The Morgan fingerprint density at radius 1 is 1.25 bits per heavy atom. The van der Waals surface area contributed by atoms with Crippen molar-refractivity contribution in [2.75, 3.05) is 4.93 Å². The second kappa shape index (κ2) is 21.1. The van der Waals surface area contributed by atoms with Gasteiger partial charge in [0.2, 0.25) is 22.6 Å². The number of hydrogen-bond acceptors (Lipinski definition) is 0. The predicted molar refractivity (Wildman–Crippen MR) is 13.7 cm³/mol. The molecule has 0 bridgehead atoms. The molecule has 0 N–H and O–H groups in total. The van der Waals surface area contributed by atoms with Gasteiger partial charge in [0.25, 0.3) is 0 Å². The molecule has 0 fully saturated rings. The topological polar surface area (TPSA) is 0 Å². The van der Waals surface area contributed by atoms with Gasteiger partial charge in [-0.3, -0.25) is 0 Å². The van der Waals surface area contributed by atoms with Crippen LogP contribution in [-0.2, 0) is 32.7 Å². The van der Waals surface area contributed by atoms with Crippen molar-refractivity contribution >= 4 is 0 Å². The molecule has 0 saturated heterocycles. The van der Waals surface area contributed by atoms with Crippen LogP contribution >= 0.6 is 0 Å². The average molecular weight is 247 g/mol. The zero-order valence-electron chi connectivity index (χ0n) is 2.99. The maximum atomic E-state index is 2.01. The number of alkyl halides is 1. The maximum Gasteiger partial charge on any atom is 0.248 e. The first-order valence-electron chi connectivity index (χ1n) is 0.408. The monoisotopic (exact) mass is 247 g/mol. The fraction of sp³-hybridized carbons (Fsp3) is 0.500. The van der Waals surface area contributed by atoms with E-state index in [9.17, 15) is 0 Å². The van der Waals surface area contributed by atoms with E-state index in [-0.39, 0.29) is 40.1 Å². The Morgan fingerprint density at radius 3 is 1.25 bits per heavy atom. The van der Waals surface area contributed by atoms with Gasteiger partial charge in [0, 0.05) is 32.7 Å². The van der Waals surface area contributed by atoms with Gasteiger partial charge in [0.15, 0.2) is 0 Å². The first-order valence-corrected chi connectivity index (χ1v) is 2.74. The molecule has 0 nitrogen and oxygen atoms in total. The van der Waals surface area contributed by atoms with E-state index >= 15 is 0 Å². The van der Waals surface area contributed by atoms with Crippen LogP contribution in [0.5, 0.6) is 0 Å². The summed E-state index contributed by atoms with van der Waals surface area (Å²) in [5.74, 6) is 0. The van der Waals surface area contributed by atoms with Crippen LogP contribution in [-0.4, -0.2) is 4.93 Å². The molecule has 0 aromatic rings. The van der Waals surface area contributed by atoms with Crippen LogP contribution in [0.2, 0.25) is 0 Å². The van der Waals surface area contributed by atoms with E-state index in [1.807, 2.05) is 27.5 Å². The fourth-order valence-corrected chi connectivity index (χ4v) is 0. The average Bonchev–Trinajstić information content (AvgIpc) is 1.00. The molecule has 0 atom stereocenters. The summed E-state index contributed by atoms with van der Waals surface area (Å²) in [6, 6.07) is 0. The molecule has 0 aliphatic rings. The molecule has 2 heteroatoms. The summed E-state index contributed by atoms with van der Waals surface area (Å²) in [6.07, 6.45) is 0. The fourth-order valence-electron chi connectivity index (χ4n) is 0. The second-order valence-electron chi connectivity index (χ2n) is 0. The molecule has 0 aromatic heterocycles. The van der Waals surface area contributed by atoms with Gasteiger partial charge >= 0.3 is 0 Å². The van der Waals surface area contributed by atoms with Crippen molar-refractivity contribution in [3.05, 3.63) is 7.43 Å². The number of halogens is 1. The van der Waals surface area contributed by atoms with Crippen molar-refractivity contribution in [3.8, 4) is 0 Å². The van der Waals surface area contributed by atoms with Crippen molar-refractivity contribution in [3.63, 3.8) is 0 Å². The van der Waals surface area contributed by atoms with Gasteiger partial charge in [-0.25, -0.2) is 0 Å². The SMILES string of the molecule is C[IH+].[CH3-].[Y]. The molecular weight excluding hydrogens is 240 g/mol. The van der Waals surface area contributed by atoms with E-state index in [2.05, 4.69) is 0 Å². The second-order valence-corrected chi connectivity index (χ2v) is 0. The van der Waals surface area contributed by atoms with Gasteiger partial charge < -0.3 is 7.43 Å². The normalized spacial score (nSPS) is 1.50. The third-order valence-corrected chi connectivity index (χ3v) is 0. The summed E-state index contributed by atoms with van der Waals surface area (Å²) in [5.41, 5.74) is 0. The molecule has 0 aromatic carbocycles. The summed E-state index contributed by atoms with van der Waals surface area (Å²) in [4.78, 5) is 2.01. The van der Waals surface area contributed by atoms with Crippen molar-refractivity contribution < 1.29 is 55.3 Å². The first kappa shape index (κ1) is 17.0. The largest absolute Gasteiger partial charge is 0.358 e. The summed E-state index contributed by atoms with van der Waals surface area (Å²) < 4.78 is 0. The summed E-state index contributed by atoms with van der Waals surface area (Å²) in [6.45, 7) is 0. The molecule has 0 saturated carbocycles. The Morgan fingerprint density at radius 2 is 1.25 bits per heavy atom. The summed E-state index contributed by atoms with van der Waals surface area (Å²) in [5, 5.41) is 0. The van der Waals surface area contributed by atoms with Gasteiger partial charge in [-0.2, -0.15) is 0 Å². The molecule has 1 radical (unpaired) electrons. The quantitative estimate of drug-likeness (QED) is 0.249. The van der Waals surface area contributed by atoms with E-state index < -0.39 is 0 Å². The van der Waals surface area contributed by atoms with Gasteiger partial charge in [0.05, 0.1) is 0 Å². The minimum absolute atomic E-state index is 0. The number of rotatable bonds is 0. The molecule has 0 aliphatic carbocycles. The zero-order valence-corrected chi connectivity index (χ0v) is 8.15. The Hall–Kier alpha value is 1.83. The van der Waals surface area contributed by atoms with E-state index in [1.54, 1.807) is 0 Å². The molecular formula is C2H7IY. The number of hydrogen-bond donors (Lipinski definition) is 0. The molecule has 0 rings (SSSR count). The van der Waals surface area contributed by atoms with Crippen molar-refractivity contribution in [1.29, 1.82) is 0 Å². The molecule has 0 spiro atoms. The van der Waals surface area contributed by atoms with Crippen LogP contribution in [0.4, 0.5) is 0 Å². The van der Waals surface area contributed by atoms with Crippen LogP contribution in [0.3, 0.4) is 0 Å². The van der Waals surface area contributed by atoms with Crippen LogP contribution in [0.1, 0.15) is 0 Å². The van der Waals surface area contributed by atoms with Crippen molar-refractivity contribution in [2.45, 2.75) is 0 Å². The molecule has 25 valence electrons. The third-order valence-electron chi connectivity index (χ3n) is 0. The first-order chi connectivity index (χ1) is 1.00. The standard InChI is InChI=1S/CH4I.CH3.Y/c1-2;;/h2H,1H3;1H3;/q+1;-1;. The Balaban J connectivity index is -0.00000000500. The molecule has 0 heterocycles. The van der Waals surface area contributed by atoms with Crippen LogP contribution in [0, 0.1) is 7.43 Å². The van der Waals surface area contributed by atoms with E-state index in [0.29, 0.717) is 0 Å². The van der Waals surface area contributed by atoms with E-state index in [0.717, 1.165) is 0 Å².